The van der Waals surface area contributed by atoms with E-state index in [-0.39, 0.29) is 52.1 Å². The maximum Gasteiger partial charge on any atom is 0.280 e. The van der Waals surface area contributed by atoms with Gasteiger partial charge in [0.15, 0.2) is 28.4 Å². The number of aromatic nitrogens is 2. The van der Waals surface area contributed by atoms with Gasteiger partial charge >= 0.3 is 0 Å². The van der Waals surface area contributed by atoms with Gasteiger partial charge in [-0.2, -0.15) is 0 Å². The van der Waals surface area contributed by atoms with Gasteiger partial charge in [-0.25, -0.2) is 9.97 Å². The summed E-state index contributed by atoms with van der Waals surface area (Å²) in [4.78, 5) is 51.7. The number of rotatable bonds is 6. The van der Waals surface area contributed by atoms with Crippen LogP contribution in [0.15, 0.2) is 35.0 Å². The van der Waals surface area contributed by atoms with Gasteiger partial charge in [-0.1, -0.05) is 23.7 Å². The Kier molecular flexibility index (Phi) is 8.43. The highest BCUT2D eigenvalue weighted by Crippen LogP contribution is 2.27. The number of carbonyl (C=O) groups excluding carboxylic acids is 3. The quantitative estimate of drug-likeness (QED) is 0.319. The summed E-state index contributed by atoms with van der Waals surface area (Å²) in [6, 6.07) is 7.28. The van der Waals surface area contributed by atoms with Crippen molar-refractivity contribution in [3.05, 3.63) is 46.4 Å². The lowest BCUT2D eigenvalue weighted by atomic mass is 9.88. The molecule has 3 amide bonds. The first-order chi connectivity index (χ1) is 18.9. The van der Waals surface area contributed by atoms with Gasteiger partial charge in [-0.05, 0) is 50.5 Å². The van der Waals surface area contributed by atoms with Crippen molar-refractivity contribution in [2.75, 3.05) is 31.1 Å². The van der Waals surface area contributed by atoms with Crippen molar-refractivity contribution >= 4 is 53.0 Å². The Morgan fingerprint density at radius 1 is 1.12 bits per heavy atom. The van der Waals surface area contributed by atoms with Gasteiger partial charge < -0.3 is 31.7 Å². The van der Waals surface area contributed by atoms with Crippen molar-refractivity contribution in [3.8, 4) is 5.75 Å². The Morgan fingerprint density at radius 3 is 2.42 bits per heavy atom. The number of likely N-dealkylation sites (tertiary alicyclic amines) is 1. The number of carbonyl (C=O) groups is 3. The second-order valence-corrected chi connectivity index (χ2v) is 10.3. The number of nitrogen functional groups attached to an aromatic ring is 2. The van der Waals surface area contributed by atoms with Crippen LogP contribution in [0, 0.1) is 0 Å². The number of amides is 3. The predicted octanol–water partition coefficient (Wildman–Crippen LogP) is 1.31. The SMILES string of the molecule is CC(=O)N/C(=C/c1ccc(OC(C)C)cc1)C(=O)N1CCC2(CC1)CN=C(NC(=O)c1nc(Cl)c(N)nc1N)N2. The molecule has 2 aromatic rings. The van der Waals surface area contributed by atoms with Gasteiger partial charge in [0.1, 0.15) is 11.4 Å². The first-order valence-electron chi connectivity index (χ1n) is 12.7. The summed E-state index contributed by atoms with van der Waals surface area (Å²) in [5.74, 6) is -0.489. The standard InChI is InChI=1S/C26H32ClN9O4/c1-14(2)40-17-6-4-16(5-7-17)12-18(31-15(3)37)24(39)36-10-8-26(9-11-36)13-30-25(35-26)34-23(38)19-21(28)33-22(29)20(27)32-19/h4-7,12,14H,8-11,13H2,1-3H3,(H,31,37)(H4,28,29,33)(H2,30,34,35,38)/b18-12+. The number of ether oxygens (including phenoxy) is 1. The third kappa shape index (κ3) is 6.78. The Bertz CT molecular complexity index is 1370. The number of halogens is 1. The van der Waals surface area contributed by atoms with Gasteiger partial charge in [0, 0.05) is 20.0 Å². The number of nitrogens with one attached hydrogen (secondary N) is 3. The molecule has 40 heavy (non-hydrogen) atoms. The average molecular weight is 570 g/mol. The number of nitrogens with zero attached hydrogens (tertiary/aromatic N) is 4. The molecule has 3 heterocycles. The molecular formula is C26H32ClN9O4. The predicted molar refractivity (Wildman–Crippen MR) is 151 cm³/mol. The molecule has 1 fully saturated rings. The van der Waals surface area contributed by atoms with Crippen molar-refractivity contribution in [1.82, 2.24) is 30.8 Å². The fraction of sp³-hybridized carbons (Fsp3) is 0.385. The summed E-state index contributed by atoms with van der Waals surface area (Å²) < 4.78 is 5.67. The van der Waals surface area contributed by atoms with Gasteiger partial charge in [0.05, 0.1) is 18.2 Å². The molecule has 0 saturated carbocycles. The average Bonchev–Trinajstić information content (AvgIpc) is 3.27. The maximum atomic E-state index is 13.4. The number of aliphatic imine (C=N–C) groups is 1. The van der Waals surface area contributed by atoms with Crippen LogP contribution >= 0.6 is 11.6 Å². The topological polar surface area (TPSA) is 190 Å². The van der Waals surface area contributed by atoms with Crippen molar-refractivity contribution in [3.63, 3.8) is 0 Å². The number of hydrogen-bond acceptors (Lipinski definition) is 10. The zero-order valence-electron chi connectivity index (χ0n) is 22.5. The van der Waals surface area contributed by atoms with Gasteiger partial charge in [-0.3, -0.25) is 24.7 Å². The second-order valence-electron chi connectivity index (χ2n) is 9.92. The zero-order valence-corrected chi connectivity index (χ0v) is 23.2. The summed E-state index contributed by atoms with van der Waals surface area (Å²) in [5.41, 5.74) is 11.7. The van der Waals surface area contributed by atoms with E-state index < -0.39 is 11.4 Å². The molecule has 212 valence electrons. The minimum absolute atomic E-state index is 0.0448. The lowest BCUT2D eigenvalue weighted by Crippen LogP contribution is -2.57. The number of guanidine groups is 1. The van der Waals surface area contributed by atoms with E-state index in [4.69, 9.17) is 27.8 Å². The second kappa shape index (κ2) is 11.8. The molecule has 2 aliphatic heterocycles. The normalized spacial score (nSPS) is 16.4. The highest BCUT2D eigenvalue weighted by molar-refractivity contribution is 6.31. The van der Waals surface area contributed by atoms with Crippen LogP contribution in [0.2, 0.25) is 5.15 Å². The van der Waals surface area contributed by atoms with E-state index >= 15 is 0 Å². The van der Waals surface area contributed by atoms with E-state index in [1.54, 1.807) is 11.0 Å². The molecule has 4 rings (SSSR count). The number of hydrogen-bond donors (Lipinski definition) is 5. The first-order valence-corrected chi connectivity index (χ1v) is 13.1. The summed E-state index contributed by atoms with van der Waals surface area (Å²) in [7, 11) is 0. The van der Waals surface area contributed by atoms with Crippen LogP contribution in [0.5, 0.6) is 5.75 Å². The third-order valence-electron chi connectivity index (χ3n) is 6.39. The molecule has 1 spiro atoms. The fourth-order valence-corrected chi connectivity index (χ4v) is 4.55. The summed E-state index contributed by atoms with van der Waals surface area (Å²) in [6.45, 7) is 6.50. The summed E-state index contributed by atoms with van der Waals surface area (Å²) >= 11 is 5.88. The Labute approximate surface area is 236 Å². The lowest BCUT2D eigenvalue weighted by molar-refractivity contribution is -0.130. The minimum Gasteiger partial charge on any atom is -0.491 e. The maximum absolute atomic E-state index is 13.4. The molecular weight excluding hydrogens is 538 g/mol. The van der Waals surface area contributed by atoms with Crippen molar-refractivity contribution in [2.45, 2.75) is 45.3 Å². The summed E-state index contributed by atoms with van der Waals surface area (Å²) in [5, 5.41) is 8.45. The smallest absolute Gasteiger partial charge is 0.280 e. The minimum atomic E-state index is -0.628. The number of nitrogens with two attached hydrogens (primary N) is 2. The molecule has 2 aliphatic rings. The molecule has 0 unspecified atom stereocenters. The Balaban J connectivity index is 1.37. The molecule has 1 aromatic carbocycles. The van der Waals surface area contributed by atoms with E-state index in [2.05, 4.69) is 30.9 Å². The van der Waals surface area contributed by atoms with Gasteiger partial charge in [0.25, 0.3) is 11.8 Å². The van der Waals surface area contributed by atoms with Crippen LogP contribution in [-0.2, 0) is 9.59 Å². The first kappa shape index (κ1) is 28.6. The molecule has 1 aromatic heterocycles. The monoisotopic (exact) mass is 569 g/mol. The number of benzene rings is 1. The van der Waals surface area contributed by atoms with Gasteiger partial charge in [0.2, 0.25) is 5.91 Å². The molecule has 1 saturated heterocycles. The Hall–Kier alpha value is -4.39. The van der Waals surface area contributed by atoms with Crippen LogP contribution in [0.1, 0.15) is 49.7 Å². The number of piperidine rings is 1. The van der Waals surface area contributed by atoms with Crippen LogP contribution < -0.4 is 32.2 Å². The largest absolute Gasteiger partial charge is 0.491 e. The lowest BCUT2D eigenvalue weighted by Gasteiger charge is -2.39. The molecule has 0 atom stereocenters. The van der Waals surface area contributed by atoms with E-state index in [0.717, 1.165) is 11.3 Å². The van der Waals surface area contributed by atoms with Crippen LogP contribution in [0.4, 0.5) is 11.6 Å². The van der Waals surface area contributed by atoms with Crippen LogP contribution in [-0.4, -0.2) is 69.8 Å². The van der Waals surface area contributed by atoms with E-state index in [1.807, 2.05) is 38.1 Å². The molecule has 0 aliphatic carbocycles. The fourth-order valence-electron chi connectivity index (χ4n) is 4.42. The molecule has 14 heteroatoms. The van der Waals surface area contributed by atoms with Crippen molar-refractivity contribution in [2.24, 2.45) is 4.99 Å². The highest BCUT2D eigenvalue weighted by Gasteiger charge is 2.40. The van der Waals surface area contributed by atoms with Crippen molar-refractivity contribution in [1.29, 1.82) is 0 Å². The Morgan fingerprint density at radius 2 is 1.80 bits per heavy atom. The van der Waals surface area contributed by atoms with Crippen LogP contribution in [0.3, 0.4) is 0 Å². The highest BCUT2D eigenvalue weighted by atomic mass is 35.5. The number of anilines is 2. The van der Waals surface area contributed by atoms with E-state index in [1.165, 1.54) is 6.92 Å². The molecule has 0 radical (unpaired) electrons. The van der Waals surface area contributed by atoms with Crippen LogP contribution in [0.25, 0.3) is 6.08 Å². The van der Waals surface area contributed by atoms with Gasteiger partial charge in [-0.15, -0.1) is 0 Å². The summed E-state index contributed by atoms with van der Waals surface area (Å²) in [6.07, 6.45) is 2.84. The molecule has 0 bridgehead atoms. The van der Waals surface area contributed by atoms with E-state index in [0.29, 0.717) is 32.5 Å². The van der Waals surface area contributed by atoms with E-state index in [9.17, 15) is 14.4 Å². The third-order valence-corrected chi connectivity index (χ3v) is 6.67. The molecule has 13 nitrogen and oxygen atoms in total. The molecule has 7 N–H and O–H groups in total. The van der Waals surface area contributed by atoms with Crippen molar-refractivity contribution < 1.29 is 19.1 Å². The zero-order chi connectivity index (χ0) is 29.0.